The molecule has 0 heterocycles. The summed E-state index contributed by atoms with van der Waals surface area (Å²) in [6, 6.07) is 5.39. The maximum atomic E-state index is 12.3. The van der Waals surface area contributed by atoms with Gasteiger partial charge in [-0.1, -0.05) is 19.1 Å². The fourth-order valence-corrected chi connectivity index (χ4v) is 2.36. The molecule has 0 fully saturated rings. The Balaban J connectivity index is 2.82. The van der Waals surface area contributed by atoms with Crippen LogP contribution in [0.1, 0.15) is 12.5 Å². The Morgan fingerprint density at radius 3 is 2.26 bits per heavy atom. The van der Waals surface area contributed by atoms with E-state index in [-0.39, 0.29) is 11.5 Å². The zero-order chi connectivity index (χ0) is 14.5. The van der Waals surface area contributed by atoms with Gasteiger partial charge in [0.1, 0.15) is 0 Å². The molecule has 1 N–H and O–H groups in total. The Labute approximate surface area is 111 Å². The number of hydrogen-bond donors (Lipinski definition) is 1. The molecule has 0 amide bonds. The Morgan fingerprint density at radius 1 is 1.26 bits per heavy atom. The van der Waals surface area contributed by atoms with Crippen LogP contribution in [0, 0.1) is 0 Å². The summed E-state index contributed by atoms with van der Waals surface area (Å²) < 4.78 is 47.1. The molecule has 7 heteroatoms. The molecular weight excluding hydrogens is 276 g/mol. The minimum absolute atomic E-state index is 0.0334. The molecule has 1 aromatic rings. The molecule has 0 radical (unpaired) electrons. The van der Waals surface area contributed by atoms with Crippen LogP contribution in [0.3, 0.4) is 0 Å². The van der Waals surface area contributed by atoms with Gasteiger partial charge in [0.15, 0.2) is 0 Å². The highest BCUT2D eigenvalue weighted by molar-refractivity contribution is 7.91. The maximum absolute atomic E-state index is 12.3. The van der Waals surface area contributed by atoms with Crippen molar-refractivity contribution in [2.24, 2.45) is 0 Å². The van der Waals surface area contributed by atoms with E-state index in [0.717, 1.165) is 12.1 Å². The summed E-state index contributed by atoms with van der Waals surface area (Å²) in [6.07, 6.45) is 0. The number of aliphatic hydroxyl groups excluding tert-OH is 1. The van der Waals surface area contributed by atoms with Crippen molar-refractivity contribution in [2.75, 3.05) is 19.7 Å². The molecule has 1 aromatic carbocycles. The van der Waals surface area contributed by atoms with Gasteiger partial charge in [0, 0.05) is 13.1 Å². The topological polar surface area (TPSA) is 57.6 Å². The van der Waals surface area contributed by atoms with Crippen LogP contribution >= 0.6 is 0 Å². The average Bonchev–Trinajstić information content (AvgIpc) is 2.38. The van der Waals surface area contributed by atoms with E-state index in [2.05, 4.69) is 0 Å². The summed E-state index contributed by atoms with van der Waals surface area (Å²) in [5, 5.41) is 8.85. The Bertz CT molecular complexity index is 488. The lowest BCUT2D eigenvalue weighted by molar-refractivity contribution is 0.197. The Morgan fingerprint density at radius 2 is 1.84 bits per heavy atom. The highest BCUT2D eigenvalue weighted by Gasteiger charge is 2.26. The van der Waals surface area contributed by atoms with Crippen LogP contribution in [0.5, 0.6) is 0 Å². The van der Waals surface area contributed by atoms with E-state index in [4.69, 9.17) is 5.11 Å². The molecule has 0 unspecified atom stereocenters. The van der Waals surface area contributed by atoms with Crippen molar-refractivity contribution in [3.05, 3.63) is 29.8 Å². The second-order valence-corrected chi connectivity index (χ2v) is 5.96. The summed E-state index contributed by atoms with van der Waals surface area (Å²) in [6.45, 7) is 3.74. The summed E-state index contributed by atoms with van der Waals surface area (Å²) >= 11 is 0. The van der Waals surface area contributed by atoms with E-state index >= 15 is 0 Å². The van der Waals surface area contributed by atoms with Crippen molar-refractivity contribution in [1.29, 1.82) is 0 Å². The van der Waals surface area contributed by atoms with Crippen molar-refractivity contribution in [2.45, 2.75) is 24.1 Å². The SMILES string of the molecule is CCN(CCO)Cc1ccc(S(=O)(=O)C(F)F)cc1. The van der Waals surface area contributed by atoms with E-state index in [0.29, 0.717) is 13.1 Å². The monoisotopic (exact) mass is 293 g/mol. The van der Waals surface area contributed by atoms with E-state index in [9.17, 15) is 17.2 Å². The smallest absolute Gasteiger partial charge is 0.341 e. The number of likely N-dealkylation sites (N-methyl/N-ethyl adjacent to an activating group) is 1. The number of hydrogen-bond acceptors (Lipinski definition) is 4. The first-order chi connectivity index (χ1) is 8.91. The molecule has 0 bridgehead atoms. The first-order valence-corrected chi connectivity index (χ1v) is 7.40. The molecule has 1 rings (SSSR count). The number of rotatable bonds is 7. The maximum Gasteiger partial charge on any atom is 0.341 e. The predicted molar refractivity (Wildman–Crippen MR) is 67.7 cm³/mol. The van der Waals surface area contributed by atoms with Gasteiger partial charge in [0.2, 0.25) is 9.84 Å². The molecule has 0 aliphatic carbocycles. The first-order valence-electron chi connectivity index (χ1n) is 5.86. The highest BCUT2D eigenvalue weighted by atomic mass is 32.2. The molecule has 0 saturated heterocycles. The van der Waals surface area contributed by atoms with E-state index in [1.54, 1.807) is 0 Å². The van der Waals surface area contributed by atoms with Gasteiger partial charge in [-0.15, -0.1) is 0 Å². The molecule has 0 aliphatic rings. The Kier molecular flexibility index (Phi) is 5.84. The van der Waals surface area contributed by atoms with Crippen LogP contribution in [0.2, 0.25) is 0 Å². The number of alkyl halides is 2. The second-order valence-electron chi connectivity index (χ2n) is 4.04. The van der Waals surface area contributed by atoms with Crippen molar-refractivity contribution in [1.82, 2.24) is 4.90 Å². The second kappa shape index (κ2) is 6.93. The highest BCUT2D eigenvalue weighted by Crippen LogP contribution is 2.19. The van der Waals surface area contributed by atoms with Crippen molar-refractivity contribution in [3.8, 4) is 0 Å². The lowest BCUT2D eigenvalue weighted by atomic mass is 10.2. The summed E-state index contributed by atoms with van der Waals surface area (Å²) in [5.74, 6) is -3.40. The van der Waals surface area contributed by atoms with Crippen LogP contribution in [0.4, 0.5) is 8.78 Å². The third kappa shape index (κ3) is 4.22. The van der Waals surface area contributed by atoms with Gasteiger partial charge in [-0.3, -0.25) is 4.90 Å². The first kappa shape index (κ1) is 16.0. The van der Waals surface area contributed by atoms with Gasteiger partial charge >= 0.3 is 5.76 Å². The zero-order valence-corrected chi connectivity index (χ0v) is 11.4. The van der Waals surface area contributed by atoms with Crippen LogP contribution in [-0.4, -0.2) is 43.9 Å². The number of halogens is 2. The molecule has 19 heavy (non-hydrogen) atoms. The quantitative estimate of drug-likeness (QED) is 0.827. The minimum Gasteiger partial charge on any atom is -0.395 e. The van der Waals surface area contributed by atoms with Gasteiger partial charge in [-0.25, -0.2) is 8.42 Å². The van der Waals surface area contributed by atoms with Crippen molar-refractivity contribution < 1.29 is 22.3 Å². The number of aliphatic hydroxyl groups is 1. The normalized spacial score (nSPS) is 12.3. The molecular formula is C12H17F2NO3S. The third-order valence-corrected chi connectivity index (χ3v) is 4.15. The lowest BCUT2D eigenvalue weighted by Gasteiger charge is -2.19. The molecule has 0 aliphatic heterocycles. The van der Waals surface area contributed by atoms with Crippen LogP contribution in [0.15, 0.2) is 29.2 Å². The molecule has 0 saturated carbocycles. The lowest BCUT2D eigenvalue weighted by Crippen LogP contribution is -2.26. The number of sulfone groups is 1. The number of benzene rings is 1. The minimum atomic E-state index is -4.52. The standard InChI is InChI=1S/C12H17F2NO3S/c1-2-15(7-8-16)9-10-3-5-11(6-4-10)19(17,18)12(13)14/h3-6,12,16H,2,7-9H2,1H3. The Hall–Kier alpha value is -1.05. The summed E-state index contributed by atoms with van der Waals surface area (Å²) in [5.41, 5.74) is 0.809. The average molecular weight is 293 g/mol. The van der Waals surface area contributed by atoms with Gasteiger partial charge in [-0.2, -0.15) is 8.78 Å². The molecule has 0 atom stereocenters. The van der Waals surface area contributed by atoms with Crippen LogP contribution in [-0.2, 0) is 16.4 Å². The largest absolute Gasteiger partial charge is 0.395 e. The van der Waals surface area contributed by atoms with Gasteiger partial charge in [0.25, 0.3) is 0 Å². The molecule has 4 nitrogen and oxygen atoms in total. The summed E-state index contributed by atoms with van der Waals surface area (Å²) in [7, 11) is -4.52. The van der Waals surface area contributed by atoms with Gasteiger partial charge in [-0.05, 0) is 24.2 Å². The van der Waals surface area contributed by atoms with Crippen molar-refractivity contribution >= 4 is 9.84 Å². The molecule has 0 spiro atoms. The van der Waals surface area contributed by atoms with Gasteiger partial charge < -0.3 is 5.11 Å². The van der Waals surface area contributed by atoms with Crippen LogP contribution < -0.4 is 0 Å². The van der Waals surface area contributed by atoms with Crippen LogP contribution in [0.25, 0.3) is 0 Å². The summed E-state index contributed by atoms with van der Waals surface area (Å²) in [4.78, 5) is 1.58. The van der Waals surface area contributed by atoms with E-state index < -0.39 is 15.6 Å². The predicted octanol–water partition coefficient (Wildman–Crippen LogP) is 1.50. The van der Waals surface area contributed by atoms with E-state index in [1.165, 1.54) is 24.3 Å². The van der Waals surface area contributed by atoms with Crippen molar-refractivity contribution in [3.63, 3.8) is 0 Å². The van der Waals surface area contributed by atoms with Gasteiger partial charge in [0.05, 0.1) is 11.5 Å². The molecule has 0 aromatic heterocycles. The zero-order valence-electron chi connectivity index (χ0n) is 10.6. The third-order valence-electron chi connectivity index (χ3n) is 2.76. The molecule has 108 valence electrons. The van der Waals surface area contributed by atoms with E-state index in [1.807, 2.05) is 11.8 Å². The fraction of sp³-hybridized carbons (Fsp3) is 0.500. The fourth-order valence-electron chi connectivity index (χ4n) is 1.64. The number of nitrogens with zero attached hydrogens (tertiary/aromatic N) is 1.